The number of furan rings is 1. The summed E-state index contributed by atoms with van der Waals surface area (Å²) < 4.78 is 11.8. The molecule has 0 N–H and O–H groups in total. The molecule has 0 aliphatic carbocycles. The molecule has 4 nitrogen and oxygen atoms in total. The van der Waals surface area contributed by atoms with Crippen molar-refractivity contribution in [3.05, 3.63) is 89.9 Å². The van der Waals surface area contributed by atoms with Gasteiger partial charge in [0.05, 0.1) is 12.3 Å². The Labute approximate surface area is 140 Å². The molecule has 2 aliphatic rings. The lowest BCUT2D eigenvalue weighted by atomic mass is 9.97. The summed E-state index contributed by atoms with van der Waals surface area (Å²) in [5, 5.41) is 6.91. The highest BCUT2D eigenvalue weighted by molar-refractivity contribution is 5.99. The van der Waals surface area contributed by atoms with E-state index < -0.39 is 0 Å². The molecule has 0 saturated carbocycles. The van der Waals surface area contributed by atoms with Crippen molar-refractivity contribution in [2.45, 2.75) is 18.7 Å². The van der Waals surface area contributed by atoms with Gasteiger partial charge in [-0.2, -0.15) is 5.10 Å². The summed E-state index contributed by atoms with van der Waals surface area (Å²) in [6.07, 6.45) is 2.28. The highest BCUT2D eigenvalue weighted by Gasteiger charge is 2.41. The zero-order valence-corrected chi connectivity index (χ0v) is 13.0. The van der Waals surface area contributed by atoms with Crippen LogP contribution in [0.2, 0.25) is 0 Å². The first-order chi connectivity index (χ1) is 11.9. The Hall–Kier alpha value is -3.01. The predicted molar refractivity (Wildman–Crippen MR) is 90.7 cm³/mol. The number of nitrogens with zero attached hydrogens (tertiary/aromatic N) is 2. The number of rotatable bonds is 2. The topological polar surface area (TPSA) is 38.0 Å². The minimum atomic E-state index is -0.224. The van der Waals surface area contributed by atoms with Gasteiger partial charge < -0.3 is 9.15 Å². The molecule has 0 bridgehead atoms. The van der Waals surface area contributed by atoms with E-state index in [2.05, 4.69) is 23.2 Å². The van der Waals surface area contributed by atoms with Gasteiger partial charge in [0, 0.05) is 17.5 Å². The minimum absolute atomic E-state index is 0.167. The SMILES string of the molecule is c1ccc([C@H]2Oc3ccccc3[C@@H]3CC(c4ccco4)=NN23)cc1. The molecule has 2 aromatic carbocycles. The molecular weight excluding hydrogens is 300 g/mol. The van der Waals surface area contributed by atoms with E-state index >= 15 is 0 Å². The Bertz CT molecular complexity index is 887. The number of hydrazone groups is 1. The van der Waals surface area contributed by atoms with E-state index in [1.165, 1.54) is 5.56 Å². The third kappa shape index (κ3) is 2.03. The quantitative estimate of drug-likeness (QED) is 0.697. The minimum Gasteiger partial charge on any atom is -0.464 e. The van der Waals surface area contributed by atoms with Crippen LogP contribution < -0.4 is 4.74 Å². The van der Waals surface area contributed by atoms with E-state index in [0.29, 0.717) is 0 Å². The molecule has 0 radical (unpaired) electrons. The fraction of sp³-hybridized carbons (Fsp3) is 0.150. The maximum absolute atomic E-state index is 6.29. The van der Waals surface area contributed by atoms with Gasteiger partial charge in [-0.3, -0.25) is 0 Å². The third-order valence-electron chi connectivity index (χ3n) is 4.59. The molecule has 3 aromatic rings. The molecule has 0 fully saturated rings. The molecule has 2 atom stereocenters. The van der Waals surface area contributed by atoms with Gasteiger partial charge in [-0.25, -0.2) is 5.01 Å². The van der Waals surface area contributed by atoms with E-state index in [4.69, 9.17) is 14.3 Å². The second-order valence-electron chi connectivity index (χ2n) is 6.04. The van der Waals surface area contributed by atoms with Crippen molar-refractivity contribution in [3.63, 3.8) is 0 Å². The number of hydrogen-bond acceptors (Lipinski definition) is 4. The zero-order chi connectivity index (χ0) is 15.9. The van der Waals surface area contributed by atoms with Crippen LogP contribution in [-0.2, 0) is 0 Å². The zero-order valence-electron chi connectivity index (χ0n) is 13.0. The van der Waals surface area contributed by atoms with Crippen LogP contribution in [0.25, 0.3) is 0 Å². The smallest absolute Gasteiger partial charge is 0.213 e. The summed E-state index contributed by atoms with van der Waals surface area (Å²) in [5.41, 5.74) is 3.24. The molecule has 118 valence electrons. The van der Waals surface area contributed by atoms with Crippen molar-refractivity contribution >= 4 is 5.71 Å². The van der Waals surface area contributed by atoms with E-state index in [9.17, 15) is 0 Å². The maximum Gasteiger partial charge on any atom is 0.213 e. The van der Waals surface area contributed by atoms with E-state index in [1.54, 1.807) is 6.26 Å². The Morgan fingerprint density at radius 2 is 1.75 bits per heavy atom. The number of hydrogen-bond donors (Lipinski definition) is 0. The van der Waals surface area contributed by atoms with Crippen molar-refractivity contribution in [2.24, 2.45) is 5.10 Å². The van der Waals surface area contributed by atoms with Crippen molar-refractivity contribution in [3.8, 4) is 5.75 Å². The van der Waals surface area contributed by atoms with Crippen molar-refractivity contribution < 1.29 is 9.15 Å². The lowest BCUT2D eigenvalue weighted by Crippen LogP contribution is -2.33. The van der Waals surface area contributed by atoms with Crippen LogP contribution in [0, 0.1) is 0 Å². The maximum atomic E-state index is 6.29. The van der Waals surface area contributed by atoms with Gasteiger partial charge in [-0.15, -0.1) is 0 Å². The monoisotopic (exact) mass is 316 g/mol. The molecule has 0 amide bonds. The summed E-state index contributed by atoms with van der Waals surface area (Å²) >= 11 is 0. The molecular formula is C20H16N2O2. The average molecular weight is 316 g/mol. The van der Waals surface area contributed by atoms with Gasteiger partial charge in [-0.1, -0.05) is 48.5 Å². The fourth-order valence-corrected chi connectivity index (χ4v) is 3.46. The van der Waals surface area contributed by atoms with Crippen molar-refractivity contribution in [1.82, 2.24) is 5.01 Å². The van der Waals surface area contributed by atoms with Gasteiger partial charge in [0.2, 0.25) is 6.23 Å². The molecule has 24 heavy (non-hydrogen) atoms. The van der Waals surface area contributed by atoms with Crippen LogP contribution in [0.4, 0.5) is 0 Å². The van der Waals surface area contributed by atoms with Gasteiger partial charge in [0.1, 0.15) is 17.2 Å². The van der Waals surface area contributed by atoms with Crippen LogP contribution in [0.1, 0.15) is 35.6 Å². The van der Waals surface area contributed by atoms with E-state index in [-0.39, 0.29) is 12.3 Å². The summed E-state index contributed by atoms with van der Waals surface area (Å²) in [4.78, 5) is 0. The Kier molecular flexibility index (Phi) is 2.95. The lowest BCUT2D eigenvalue weighted by molar-refractivity contribution is -0.0190. The van der Waals surface area contributed by atoms with Gasteiger partial charge in [0.25, 0.3) is 0 Å². The predicted octanol–water partition coefficient (Wildman–Crippen LogP) is 4.52. The molecule has 0 unspecified atom stereocenters. The summed E-state index contributed by atoms with van der Waals surface area (Å²) in [6, 6.07) is 22.5. The van der Waals surface area contributed by atoms with Crippen LogP contribution in [0.15, 0.2) is 82.5 Å². The van der Waals surface area contributed by atoms with E-state index in [0.717, 1.165) is 29.2 Å². The highest BCUT2D eigenvalue weighted by atomic mass is 16.5. The first-order valence-electron chi connectivity index (χ1n) is 8.10. The Morgan fingerprint density at radius 3 is 2.58 bits per heavy atom. The normalized spacial score (nSPS) is 21.7. The van der Waals surface area contributed by atoms with Crippen LogP contribution >= 0.6 is 0 Å². The van der Waals surface area contributed by atoms with Crippen molar-refractivity contribution in [2.75, 3.05) is 0 Å². The second kappa shape index (κ2) is 5.27. The first kappa shape index (κ1) is 13.4. The molecule has 3 heterocycles. The van der Waals surface area contributed by atoms with Crippen LogP contribution in [0.3, 0.4) is 0 Å². The molecule has 4 heteroatoms. The van der Waals surface area contributed by atoms with Gasteiger partial charge in [0.15, 0.2) is 0 Å². The third-order valence-corrected chi connectivity index (χ3v) is 4.59. The van der Waals surface area contributed by atoms with Crippen LogP contribution in [-0.4, -0.2) is 10.7 Å². The standard InChI is InChI=1S/C20H16N2O2/c1-2-7-14(8-3-1)20-22-17(15-9-4-5-10-18(15)24-20)13-16(21-22)19-11-6-12-23-19/h1-12,17,20H,13H2/t17-,20+/m0/s1. The van der Waals surface area contributed by atoms with Crippen molar-refractivity contribution in [1.29, 1.82) is 0 Å². The molecule has 5 rings (SSSR count). The number of benzene rings is 2. The summed E-state index contributed by atoms with van der Waals surface area (Å²) in [7, 11) is 0. The summed E-state index contributed by atoms with van der Waals surface area (Å²) in [6.45, 7) is 0. The first-order valence-corrected chi connectivity index (χ1v) is 8.10. The molecule has 0 spiro atoms. The number of fused-ring (bicyclic) bond motifs is 3. The average Bonchev–Trinajstić information content (AvgIpc) is 3.31. The second-order valence-corrected chi connectivity index (χ2v) is 6.04. The Balaban J connectivity index is 1.62. The number of ether oxygens (including phenoxy) is 1. The van der Waals surface area contributed by atoms with Gasteiger partial charge >= 0.3 is 0 Å². The molecule has 1 aromatic heterocycles. The highest BCUT2D eigenvalue weighted by Crippen LogP contribution is 2.47. The van der Waals surface area contributed by atoms with E-state index in [1.807, 2.05) is 48.5 Å². The lowest BCUT2D eigenvalue weighted by Gasteiger charge is -2.38. The molecule has 2 aliphatic heterocycles. The molecule has 0 saturated heterocycles. The van der Waals surface area contributed by atoms with Gasteiger partial charge in [-0.05, 0) is 18.2 Å². The Morgan fingerprint density at radius 1 is 0.917 bits per heavy atom. The van der Waals surface area contributed by atoms with Crippen LogP contribution in [0.5, 0.6) is 5.75 Å². The number of para-hydroxylation sites is 1. The fourth-order valence-electron chi connectivity index (χ4n) is 3.46. The summed E-state index contributed by atoms with van der Waals surface area (Å²) in [5.74, 6) is 1.76. The largest absolute Gasteiger partial charge is 0.464 e.